The number of hydrogen-bond acceptors (Lipinski definition) is 4. The summed E-state index contributed by atoms with van der Waals surface area (Å²) < 4.78 is 32.0. The summed E-state index contributed by atoms with van der Waals surface area (Å²) in [6.45, 7) is 2.01. The number of benzene rings is 2. The van der Waals surface area contributed by atoms with Crippen molar-refractivity contribution >= 4 is 23.4 Å². The molecule has 0 N–H and O–H groups in total. The number of carbonyl (C=O) groups excluding carboxylic acids is 1. The fourth-order valence-corrected chi connectivity index (χ4v) is 3.91. The summed E-state index contributed by atoms with van der Waals surface area (Å²) >= 11 is 1.14. The van der Waals surface area contributed by atoms with Crippen molar-refractivity contribution in [1.29, 1.82) is 0 Å². The van der Waals surface area contributed by atoms with Gasteiger partial charge in [0.15, 0.2) is 11.6 Å². The van der Waals surface area contributed by atoms with Crippen LogP contribution in [0.15, 0.2) is 75.3 Å². The molecule has 0 spiro atoms. The summed E-state index contributed by atoms with van der Waals surface area (Å²) in [6.07, 6.45) is 2.11. The third-order valence-electron chi connectivity index (χ3n) is 4.68. The molecule has 1 atom stereocenters. The van der Waals surface area contributed by atoms with E-state index in [0.29, 0.717) is 17.1 Å². The lowest BCUT2D eigenvalue weighted by Gasteiger charge is -2.19. The molecule has 4 nitrogen and oxygen atoms in total. The maximum absolute atomic E-state index is 13.4. The highest BCUT2D eigenvalue weighted by molar-refractivity contribution is 8.00. The molecule has 0 aliphatic carbocycles. The van der Waals surface area contributed by atoms with E-state index >= 15 is 0 Å². The zero-order valence-electron chi connectivity index (χ0n) is 15.6. The number of halogens is 2. The molecule has 29 heavy (non-hydrogen) atoms. The zero-order valence-corrected chi connectivity index (χ0v) is 16.5. The van der Waals surface area contributed by atoms with Crippen LogP contribution in [0.2, 0.25) is 0 Å². The maximum atomic E-state index is 13.4. The van der Waals surface area contributed by atoms with Crippen molar-refractivity contribution in [2.24, 2.45) is 5.10 Å². The molecule has 7 heteroatoms. The fourth-order valence-electron chi connectivity index (χ4n) is 3.14. The van der Waals surface area contributed by atoms with Gasteiger partial charge in [-0.1, -0.05) is 29.8 Å². The van der Waals surface area contributed by atoms with Gasteiger partial charge in [0, 0.05) is 11.3 Å². The molecule has 0 saturated carbocycles. The van der Waals surface area contributed by atoms with Gasteiger partial charge in [-0.25, -0.2) is 13.8 Å². The molecule has 2 heterocycles. The van der Waals surface area contributed by atoms with Gasteiger partial charge in [-0.2, -0.15) is 5.10 Å². The van der Waals surface area contributed by atoms with Gasteiger partial charge >= 0.3 is 0 Å². The SMILES string of the molecule is Cc1ccc(C2=NN(C(=O)CSc3ccc(F)c(F)c3)[C@@H](c3ccco3)C2)cc1. The number of nitrogens with zero attached hydrogens (tertiary/aromatic N) is 2. The minimum Gasteiger partial charge on any atom is -0.467 e. The summed E-state index contributed by atoms with van der Waals surface area (Å²) in [7, 11) is 0. The van der Waals surface area contributed by atoms with E-state index in [1.807, 2.05) is 37.3 Å². The summed E-state index contributed by atoms with van der Waals surface area (Å²) in [5.41, 5.74) is 2.90. The van der Waals surface area contributed by atoms with E-state index in [9.17, 15) is 13.6 Å². The Kier molecular flexibility index (Phi) is 5.49. The number of rotatable bonds is 5. The van der Waals surface area contributed by atoms with Gasteiger partial charge in [-0.05, 0) is 42.8 Å². The zero-order chi connectivity index (χ0) is 20.4. The Hall–Kier alpha value is -2.93. The van der Waals surface area contributed by atoms with Crippen molar-refractivity contribution in [2.75, 3.05) is 5.75 Å². The van der Waals surface area contributed by atoms with Crippen LogP contribution in [0.3, 0.4) is 0 Å². The number of thioether (sulfide) groups is 1. The van der Waals surface area contributed by atoms with Gasteiger partial charge in [0.25, 0.3) is 5.91 Å². The minimum atomic E-state index is -0.934. The lowest BCUT2D eigenvalue weighted by atomic mass is 10.0. The molecular weight excluding hydrogens is 394 g/mol. The minimum absolute atomic E-state index is 0.0486. The van der Waals surface area contributed by atoms with Gasteiger partial charge < -0.3 is 4.42 Å². The van der Waals surface area contributed by atoms with Crippen molar-refractivity contribution in [3.05, 3.63) is 89.4 Å². The molecule has 1 aliphatic heterocycles. The van der Waals surface area contributed by atoms with Crippen LogP contribution in [0.25, 0.3) is 0 Å². The van der Waals surface area contributed by atoms with E-state index in [4.69, 9.17) is 4.42 Å². The summed E-state index contributed by atoms with van der Waals surface area (Å²) in [4.78, 5) is 13.4. The summed E-state index contributed by atoms with van der Waals surface area (Å²) in [6, 6.07) is 14.8. The predicted octanol–water partition coefficient (Wildman–Crippen LogP) is 5.34. The van der Waals surface area contributed by atoms with E-state index in [2.05, 4.69) is 5.10 Å². The molecule has 3 aromatic rings. The maximum Gasteiger partial charge on any atom is 0.253 e. The molecule has 0 unspecified atom stereocenters. The van der Waals surface area contributed by atoms with E-state index in [1.54, 1.807) is 12.3 Å². The van der Waals surface area contributed by atoms with Crippen LogP contribution in [-0.4, -0.2) is 22.4 Å². The Bertz CT molecular complexity index is 1050. The second kappa shape index (κ2) is 8.21. The lowest BCUT2D eigenvalue weighted by molar-refractivity contribution is -0.130. The average Bonchev–Trinajstić information content (AvgIpc) is 3.39. The molecule has 1 aromatic heterocycles. The third kappa shape index (κ3) is 4.24. The first-order valence-electron chi connectivity index (χ1n) is 9.09. The molecular formula is C22H18F2N2O2S. The van der Waals surface area contributed by atoms with E-state index in [0.717, 1.165) is 40.7 Å². The molecule has 1 amide bonds. The highest BCUT2D eigenvalue weighted by Crippen LogP contribution is 2.34. The van der Waals surface area contributed by atoms with E-state index in [-0.39, 0.29) is 17.7 Å². The first-order valence-corrected chi connectivity index (χ1v) is 10.1. The van der Waals surface area contributed by atoms with Crippen molar-refractivity contribution in [3.8, 4) is 0 Å². The Morgan fingerprint density at radius 2 is 1.97 bits per heavy atom. The smallest absolute Gasteiger partial charge is 0.253 e. The Morgan fingerprint density at radius 1 is 1.17 bits per heavy atom. The number of amides is 1. The molecule has 148 valence electrons. The van der Waals surface area contributed by atoms with Crippen molar-refractivity contribution in [1.82, 2.24) is 5.01 Å². The fraction of sp³-hybridized carbons (Fsp3) is 0.182. The molecule has 0 saturated heterocycles. The van der Waals surface area contributed by atoms with Crippen molar-refractivity contribution in [3.63, 3.8) is 0 Å². The molecule has 4 rings (SSSR count). The molecule has 0 bridgehead atoms. The van der Waals surface area contributed by atoms with E-state index in [1.165, 1.54) is 11.1 Å². The van der Waals surface area contributed by atoms with Crippen LogP contribution in [-0.2, 0) is 4.79 Å². The average molecular weight is 412 g/mol. The number of hydrogen-bond donors (Lipinski definition) is 0. The Labute approximate surface area is 171 Å². The number of furan rings is 1. The molecule has 0 radical (unpaired) electrons. The molecule has 2 aromatic carbocycles. The first-order chi connectivity index (χ1) is 14.0. The number of hydrazone groups is 1. The highest BCUT2D eigenvalue weighted by atomic mass is 32.2. The van der Waals surface area contributed by atoms with Gasteiger partial charge in [0.05, 0.1) is 17.7 Å². The quantitative estimate of drug-likeness (QED) is 0.532. The number of aryl methyl sites for hydroxylation is 1. The molecule has 0 fully saturated rings. The summed E-state index contributed by atoms with van der Waals surface area (Å²) in [5, 5.41) is 5.99. The second-order valence-electron chi connectivity index (χ2n) is 6.75. The van der Waals surface area contributed by atoms with Crippen LogP contribution < -0.4 is 0 Å². The van der Waals surface area contributed by atoms with Crippen LogP contribution in [0.1, 0.15) is 29.3 Å². The normalized spacial score (nSPS) is 16.2. The van der Waals surface area contributed by atoms with Crippen LogP contribution in [0.4, 0.5) is 8.78 Å². The van der Waals surface area contributed by atoms with Crippen molar-refractivity contribution in [2.45, 2.75) is 24.3 Å². The Balaban J connectivity index is 1.54. The van der Waals surface area contributed by atoms with Crippen molar-refractivity contribution < 1.29 is 18.0 Å². The monoisotopic (exact) mass is 412 g/mol. The molecule has 1 aliphatic rings. The Morgan fingerprint density at radius 3 is 2.66 bits per heavy atom. The van der Waals surface area contributed by atoms with Gasteiger partial charge in [0.1, 0.15) is 11.8 Å². The largest absolute Gasteiger partial charge is 0.467 e. The van der Waals surface area contributed by atoms with Gasteiger partial charge in [0.2, 0.25) is 0 Å². The lowest BCUT2D eigenvalue weighted by Crippen LogP contribution is -2.28. The topological polar surface area (TPSA) is 45.8 Å². The first kappa shape index (κ1) is 19.4. The van der Waals surface area contributed by atoms with Crippen LogP contribution in [0, 0.1) is 18.6 Å². The summed E-state index contributed by atoms with van der Waals surface area (Å²) in [5.74, 6) is -1.38. The number of carbonyl (C=O) groups is 1. The standard InChI is InChI=1S/C22H18F2N2O2S/c1-14-4-6-15(7-5-14)19-12-20(21-3-2-10-28-21)26(25-19)22(27)13-29-16-8-9-17(23)18(24)11-16/h2-11,20H,12-13H2,1H3/t20-/m1/s1. The van der Waals surface area contributed by atoms with Crippen LogP contribution in [0.5, 0.6) is 0 Å². The van der Waals surface area contributed by atoms with Gasteiger partial charge in [-0.3, -0.25) is 4.79 Å². The second-order valence-corrected chi connectivity index (χ2v) is 7.80. The van der Waals surface area contributed by atoms with Gasteiger partial charge in [-0.15, -0.1) is 11.8 Å². The van der Waals surface area contributed by atoms with E-state index < -0.39 is 11.6 Å². The highest BCUT2D eigenvalue weighted by Gasteiger charge is 2.34. The predicted molar refractivity (Wildman–Crippen MR) is 108 cm³/mol. The third-order valence-corrected chi connectivity index (χ3v) is 5.65. The van der Waals surface area contributed by atoms with Crippen LogP contribution >= 0.6 is 11.8 Å².